The molecule has 1 aromatic carbocycles. The Balaban J connectivity index is 2.02. The number of benzene rings is 1. The molecule has 0 saturated carbocycles. The van der Waals surface area contributed by atoms with Crippen LogP contribution in [-0.2, 0) is 16.1 Å². The average Bonchev–Trinajstić information content (AvgIpc) is 2.58. The number of hydrogen-bond donors (Lipinski definition) is 3. The molecule has 1 saturated heterocycles. The number of anilines is 1. The number of aliphatic carboxylic acids is 1. The molecule has 0 bridgehead atoms. The molecule has 0 spiro atoms. The molecular weight excluding hydrogens is 367 g/mol. The lowest BCUT2D eigenvalue weighted by atomic mass is 9.99. The van der Waals surface area contributed by atoms with Gasteiger partial charge in [-0.25, -0.2) is 4.79 Å². The lowest BCUT2D eigenvalue weighted by molar-refractivity contribution is -0.173. The van der Waals surface area contributed by atoms with Crippen LogP contribution < -0.4 is 10.6 Å². The highest BCUT2D eigenvalue weighted by Crippen LogP contribution is 2.20. The predicted octanol–water partition coefficient (Wildman–Crippen LogP) is 2.50. The topological polar surface area (TPSA) is 98.7 Å². The third-order valence-electron chi connectivity index (χ3n) is 4.16. The van der Waals surface area contributed by atoms with Crippen LogP contribution in [0.2, 0.25) is 0 Å². The highest BCUT2D eigenvalue weighted by atomic mass is 19.4. The summed E-state index contributed by atoms with van der Waals surface area (Å²) in [7, 11) is 0. The van der Waals surface area contributed by atoms with Crippen molar-refractivity contribution < 1.29 is 32.7 Å². The van der Waals surface area contributed by atoms with Gasteiger partial charge in [0.15, 0.2) is 0 Å². The number of carboxylic acid groups (broad SMARTS) is 1. The highest BCUT2D eigenvalue weighted by Gasteiger charge is 2.38. The second-order valence-electron chi connectivity index (χ2n) is 6.44. The summed E-state index contributed by atoms with van der Waals surface area (Å²) in [6.45, 7) is 1.89. The molecule has 2 rings (SSSR count). The van der Waals surface area contributed by atoms with E-state index in [1.165, 1.54) is 11.0 Å². The van der Waals surface area contributed by atoms with E-state index in [1.807, 2.05) is 0 Å². The van der Waals surface area contributed by atoms with Crippen LogP contribution in [0.1, 0.15) is 24.0 Å². The highest BCUT2D eigenvalue weighted by molar-refractivity contribution is 5.90. The molecule has 1 unspecified atom stereocenters. The summed E-state index contributed by atoms with van der Waals surface area (Å²) in [6.07, 6.45) is -3.88. The molecule has 0 aliphatic carbocycles. The number of halogens is 3. The molecule has 1 heterocycles. The number of nitrogens with one attached hydrogen (secondary N) is 2. The van der Waals surface area contributed by atoms with Crippen LogP contribution in [0.3, 0.4) is 0 Å². The summed E-state index contributed by atoms with van der Waals surface area (Å²) in [5.74, 6) is -3.61. The Kier molecular flexibility index (Phi) is 6.29. The van der Waals surface area contributed by atoms with Gasteiger partial charge in [0, 0.05) is 25.3 Å². The van der Waals surface area contributed by atoms with E-state index < -0.39 is 30.0 Å². The number of rotatable bonds is 4. The van der Waals surface area contributed by atoms with Crippen LogP contribution in [0.25, 0.3) is 0 Å². The van der Waals surface area contributed by atoms with Crippen LogP contribution in [0, 0.1) is 12.8 Å². The van der Waals surface area contributed by atoms with Gasteiger partial charge in [0.1, 0.15) is 0 Å². The number of carbonyl (C=O) groups excluding carboxylic acids is 2. The van der Waals surface area contributed by atoms with E-state index in [0.717, 1.165) is 0 Å². The number of alkyl halides is 3. The first-order valence-corrected chi connectivity index (χ1v) is 8.30. The first-order valence-electron chi connectivity index (χ1n) is 8.30. The van der Waals surface area contributed by atoms with Gasteiger partial charge >= 0.3 is 24.1 Å². The van der Waals surface area contributed by atoms with E-state index >= 15 is 0 Å². The first-order chi connectivity index (χ1) is 12.6. The molecule has 27 heavy (non-hydrogen) atoms. The molecule has 0 radical (unpaired) electrons. The van der Waals surface area contributed by atoms with Gasteiger partial charge in [0.05, 0.1) is 5.92 Å². The Bertz CT molecular complexity index is 737. The number of piperidine rings is 1. The fourth-order valence-electron chi connectivity index (χ4n) is 2.88. The zero-order valence-corrected chi connectivity index (χ0v) is 14.6. The molecule has 10 heteroatoms. The van der Waals surface area contributed by atoms with Gasteiger partial charge in [0.2, 0.25) is 0 Å². The third kappa shape index (κ3) is 5.87. The van der Waals surface area contributed by atoms with Gasteiger partial charge in [0.25, 0.3) is 0 Å². The van der Waals surface area contributed by atoms with E-state index in [0.29, 0.717) is 36.2 Å². The summed E-state index contributed by atoms with van der Waals surface area (Å²) in [4.78, 5) is 35.8. The Hall–Kier alpha value is -2.78. The van der Waals surface area contributed by atoms with Crippen LogP contribution in [0.5, 0.6) is 0 Å². The predicted molar refractivity (Wildman–Crippen MR) is 90.0 cm³/mol. The van der Waals surface area contributed by atoms with Crippen LogP contribution in [0.4, 0.5) is 23.7 Å². The van der Waals surface area contributed by atoms with Crippen molar-refractivity contribution >= 4 is 23.6 Å². The Morgan fingerprint density at radius 3 is 2.59 bits per heavy atom. The number of carbonyl (C=O) groups is 3. The van der Waals surface area contributed by atoms with Crippen molar-refractivity contribution in [2.45, 2.75) is 32.5 Å². The monoisotopic (exact) mass is 387 g/mol. The molecule has 1 aliphatic heterocycles. The lowest BCUT2D eigenvalue weighted by Crippen LogP contribution is -2.44. The maximum Gasteiger partial charge on any atom is 0.471 e. The smallest absolute Gasteiger partial charge is 0.471 e. The summed E-state index contributed by atoms with van der Waals surface area (Å²) in [6, 6.07) is 4.20. The molecule has 1 atom stereocenters. The number of amides is 3. The SMILES string of the molecule is Cc1cc(CNC(=O)C(F)(F)F)cc(NC(=O)N2CCCC(C(=O)O)C2)c1. The molecule has 3 N–H and O–H groups in total. The van der Waals surface area contributed by atoms with E-state index in [1.54, 1.807) is 24.4 Å². The standard InChI is InChI=1S/C17H20F3N3O4/c1-10-5-11(8-21-15(26)17(18,19)20)7-13(6-10)22-16(27)23-4-2-3-12(9-23)14(24)25/h5-7,12H,2-4,8-9H2,1H3,(H,21,26)(H,22,27)(H,24,25). The quantitative estimate of drug-likeness (QED) is 0.739. The number of likely N-dealkylation sites (tertiary alicyclic amines) is 1. The molecule has 1 aliphatic rings. The number of aryl methyl sites for hydroxylation is 1. The van der Waals surface area contributed by atoms with Gasteiger partial charge in [-0.3, -0.25) is 9.59 Å². The fourth-order valence-corrected chi connectivity index (χ4v) is 2.88. The van der Waals surface area contributed by atoms with E-state index in [-0.39, 0.29) is 13.1 Å². The van der Waals surface area contributed by atoms with E-state index in [4.69, 9.17) is 5.11 Å². The normalized spacial score (nSPS) is 17.3. The minimum absolute atomic E-state index is 0.0987. The molecule has 3 amide bonds. The van der Waals surface area contributed by atoms with Crippen molar-refractivity contribution in [3.8, 4) is 0 Å². The van der Waals surface area contributed by atoms with Gasteiger partial charge in [-0.15, -0.1) is 0 Å². The number of carboxylic acids is 1. The van der Waals surface area contributed by atoms with Gasteiger partial charge in [-0.2, -0.15) is 13.2 Å². The minimum atomic E-state index is -4.96. The largest absolute Gasteiger partial charge is 0.481 e. The van der Waals surface area contributed by atoms with Crippen molar-refractivity contribution in [2.75, 3.05) is 18.4 Å². The zero-order chi connectivity index (χ0) is 20.2. The van der Waals surface area contributed by atoms with Gasteiger partial charge < -0.3 is 20.6 Å². The average molecular weight is 387 g/mol. The number of urea groups is 1. The molecule has 0 aromatic heterocycles. The molecule has 1 fully saturated rings. The molecule has 148 valence electrons. The van der Waals surface area contributed by atoms with E-state index in [2.05, 4.69) is 5.32 Å². The van der Waals surface area contributed by atoms with Crippen molar-refractivity contribution in [1.29, 1.82) is 0 Å². The number of nitrogens with zero attached hydrogens (tertiary/aromatic N) is 1. The zero-order valence-electron chi connectivity index (χ0n) is 14.6. The first kappa shape index (κ1) is 20.5. The Morgan fingerprint density at radius 1 is 1.26 bits per heavy atom. The van der Waals surface area contributed by atoms with E-state index in [9.17, 15) is 27.6 Å². The lowest BCUT2D eigenvalue weighted by Gasteiger charge is -2.30. The van der Waals surface area contributed by atoms with Crippen LogP contribution in [0.15, 0.2) is 18.2 Å². The van der Waals surface area contributed by atoms with Gasteiger partial charge in [-0.05, 0) is 43.0 Å². The summed E-state index contributed by atoms with van der Waals surface area (Å²) in [5.41, 5.74) is 1.43. The molecule has 7 nitrogen and oxygen atoms in total. The summed E-state index contributed by atoms with van der Waals surface area (Å²) in [5, 5.41) is 13.5. The van der Waals surface area contributed by atoms with Crippen molar-refractivity contribution in [2.24, 2.45) is 5.92 Å². The second-order valence-corrected chi connectivity index (χ2v) is 6.44. The maximum absolute atomic E-state index is 12.4. The minimum Gasteiger partial charge on any atom is -0.481 e. The van der Waals surface area contributed by atoms with Crippen molar-refractivity contribution in [3.05, 3.63) is 29.3 Å². The maximum atomic E-state index is 12.4. The number of hydrogen-bond acceptors (Lipinski definition) is 3. The summed E-state index contributed by atoms with van der Waals surface area (Å²) >= 11 is 0. The summed E-state index contributed by atoms with van der Waals surface area (Å²) < 4.78 is 36.8. The molecular formula is C17H20F3N3O4. The Morgan fingerprint density at radius 2 is 1.96 bits per heavy atom. The van der Waals surface area contributed by atoms with Gasteiger partial charge in [-0.1, -0.05) is 6.07 Å². The fraction of sp³-hybridized carbons (Fsp3) is 0.471. The Labute approximate surface area is 153 Å². The van der Waals surface area contributed by atoms with Crippen molar-refractivity contribution in [1.82, 2.24) is 10.2 Å². The van der Waals surface area contributed by atoms with Crippen LogP contribution in [-0.4, -0.2) is 47.2 Å². The van der Waals surface area contributed by atoms with Crippen molar-refractivity contribution in [3.63, 3.8) is 0 Å². The molecule has 1 aromatic rings. The third-order valence-corrected chi connectivity index (χ3v) is 4.16. The second kappa shape index (κ2) is 8.28. The van der Waals surface area contributed by atoms with Crippen LogP contribution >= 0.6 is 0 Å².